The van der Waals surface area contributed by atoms with Crippen LogP contribution in [0.3, 0.4) is 0 Å². The fourth-order valence-electron chi connectivity index (χ4n) is 3.32. The molecule has 152 valence electrons. The molecule has 4 rings (SSSR count). The molecule has 1 aromatic heterocycles. The van der Waals surface area contributed by atoms with Crippen molar-refractivity contribution in [3.63, 3.8) is 0 Å². The number of hydrogen-bond donors (Lipinski definition) is 1. The van der Waals surface area contributed by atoms with E-state index < -0.39 is 5.91 Å². The molecule has 0 atom stereocenters. The van der Waals surface area contributed by atoms with Crippen LogP contribution in [0.2, 0.25) is 0 Å². The van der Waals surface area contributed by atoms with E-state index in [1.807, 2.05) is 18.2 Å². The summed E-state index contributed by atoms with van der Waals surface area (Å²) in [6, 6.07) is 17.7. The number of imide groups is 1. The number of hydrogen-bond acceptors (Lipinski definition) is 6. The number of nitrogens with one attached hydrogen (secondary N) is 1. The van der Waals surface area contributed by atoms with Crippen molar-refractivity contribution >= 4 is 23.1 Å². The van der Waals surface area contributed by atoms with Gasteiger partial charge in [-0.1, -0.05) is 30.3 Å². The second kappa shape index (κ2) is 8.16. The van der Waals surface area contributed by atoms with Crippen LogP contribution in [0.4, 0.5) is 5.69 Å². The maximum atomic E-state index is 13.2. The van der Waals surface area contributed by atoms with E-state index in [1.165, 1.54) is 18.3 Å². The first-order chi connectivity index (χ1) is 14.6. The lowest BCUT2D eigenvalue weighted by Gasteiger charge is -2.14. The van der Waals surface area contributed by atoms with Gasteiger partial charge in [0.25, 0.3) is 11.8 Å². The molecule has 30 heavy (non-hydrogen) atoms. The highest BCUT2D eigenvalue weighted by Gasteiger charge is 2.39. The topological polar surface area (TPSA) is 81.0 Å². The van der Waals surface area contributed by atoms with Crippen LogP contribution < -0.4 is 14.8 Å². The van der Waals surface area contributed by atoms with Gasteiger partial charge in [-0.15, -0.1) is 0 Å². The first kappa shape index (κ1) is 19.3. The van der Waals surface area contributed by atoms with Gasteiger partial charge in [-0.3, -0.25) is 14.5 Å². The zero-order valence-electron chi connectivity index (χ0n) is 16.5. The molecule has 0 spiro atoms. The molecule has 0 aliphatic carbocycles. The van der Waals surface area contributed by atoms with Gasteiger partial charge < -0.3 is 19.2 Å². The largest absolute Gasteiger partial charge is 0.493 e. The molecule has 2 aromatic carbocycles. The summed E-state index contributed by atoms with van der Waals surface area (Å²) in [5, 5.41) is 3.11. The third kappa shape index (κ3) is 3.53. The summed E-state index contributed by atoms with van der Waals surface area (Å²) in [6.07, 6.45) is 1.51. The van der Waals surface area contributed by atoms with Crippen LogP contribution >= 0.6 is 0 Å². The SMILES string of the molecule is COc1ccc(NC2=C(c3ccccc3)C(=O)N(Cc3ccco3)C2=O)cc1OC. The number of methoxy groups -OCH3 is 2. The van der Waals surface area contributed by atoms with E-state index in [1.54, 1.807) is 49.6 Å². The van der Waals surface area contributed by atoms with Crippen LogP contribution in [0.25, 0.3) is 5.57 Å². The predicted octanol–water partition coefficient (Wildman–Crippen LogP) is 3.69. The fraction of sp³-hybridized carbons (Fsp3) is 0.130. The number of amides is 2. The molecule has 0 saturated heterocycles. The van der Waals surface area contributed by atoms with E-state index in [0.717, 1.165) is 0 Å². The van der Waals surface area contributed by atoms with Crippen LogP contribution in [0.5, 0.6) is 11.5 Å². The first-order valence-corrected chi connectivity index (χ1v) is 9.29. The van der Waals surface area contributed by atoms with Crippen molar-refractivity contribution in [2.75, 3.05) is 19.5 Å². The summed E-state index contributed by atoms with van der Waals surface area (Å²) in [6.45, 7) is 0.0537. The number of ether oxygens (including phenoxy) is 2. The monoisotopic (exact) mass is 404 g/mol. The Morgan fingerprint density at radius 1 is 0.900 bits per heavy atom. The Bertz CT molecular complexity index is 1100. The molecule has 0 radical (unpaired) electrons. The van der Waals surface area contributed by atoms with Crippen molar-refractivity contribution in [3.05, 3.63) is 83.9 Å². The van der Waals surface area contributed by atoms with Crippen LogP contribution in [-0.2, 0) is 16.1 Å². The summed E-state index contributed by atoms with van der Waals surface area (Å²) in [4.78, 5) is 27.6. The van der Waals surface area contributed by atoms with Crippen LogP contribution in [0.15, 0.2) is 77.0 Å². The smallest absolute Gasteiger partial charge is 0.278 e. The normalized spacial score (nSPS) is 13.7. The number of rotatable bonds is 7. The van der Waals surface area contributed by atoms with E-state index >= 15 is 0 Å². The van der Waals surface area contributed by atoms with E-state index in [9.17, 15) is 9.59 Å². The molecule has 7 nitrogen and oxygen atoms in total. The Morgan fingerprint density at radius 3 is 2.33 bits per heavy atom. The van der Waals surface area contributed by atoms with E-state index in [0.29, 0.717) is 34.1 Å². The van der Waals surface area contributed by atoms with Crippen molar-refractivity contribution < 1.29 is 23.5 Å². The summed E-state index contributed by atoms with van der Waals surface area (Å²) in [5.74, 6) is 0.786. The molecule has 0 fully saturated rings. The minimum Gasteiger partial charge on any atom is -0.493 e. The number of anilines is 1. The van der Waals surface area contributed by atoms with Gasteiger partial charge in [0.05, 0.1) is 32.6 Å². The molecule has 3 aromatic rings. The molecule has 0 unspecified atom stereocenters. The highest BCUT2D eigenvalue weighted by atomic mass is 16.5. The Labute approximate surface area is 173 Å². The molecule has 1 aliphatic heterocycles. The van der Waals surface area contributed by atoms with E-state index in [4.69, 9.17) is 13.9 Å². The average molecular weight is 404 g/mol. The Hall–Kier alpha value is -4.00. The standard InChI is InChI=1S/C23H20N2O5/c1-28-18-11-10-16(13-19(18)29-2)24-21-20(15-7-4-3-5-8-15)22(26)25(23(21)27)14-17-9-6-12-30-17/h3-13,24H,14H2,1-2H3. The zero-order valence-corrected chi connectivity index (χ0v) is 16.5. The number of benzene rings is 2. The van der Waals surface area contributed by atoms with Crippen molar-refractivity contribution in [2.24, 2.45) is 0 Å². The lowest BCUT2D eigenvalue weighted by molar-refractivity contribution is -0.137. The summed E-state index contributed by atoms with van der Waals surface area (Å²) >= 11 is 0. The average Bonchev–Trinajstić information content (AvgIpc) is 3.37. The van der Waals surface area contributed by atoms with Crippen molar-refractivity contribution in [2.45, 2.75) is 6.54 Å². The third-order valence-electron chi connectivity index (χ3n) is 4.78. The van der Waals surface area contributed by atoms with Crippen LogP contribution in [0.1, 0.15) is 11.3 Å². The van der Waals surface area contributed by atoms with Crippen molar-refractivity contribution in [1.29, 1.82) is 0 Å². The number of carbonyl (C=O) groups excluding carboxylic acids is 2. The van der Waals surface area contributed by atoms with E-state index in [2.05, 4.69) is 5.32 Å². The van der Waals surface area contributed by atoms with E-state index in [-0.39, 0.29) is 18.1 Å². The van der Waals surface area contributed by atoms with Crippen LogP contribution in [0, 0.1) is 0 Å². The highest BCUT2D eigenvalue weighted by Crippen LogP contribution is 2.34. The molecule has 0 bridgehead atoms. The fourth-order valence-corrected chi connectivity index (χ4v) is 3.32. The summed E-state index contributed by atoms with van der Waals surface area (Å²) < 4.78 is 15.9. The molecular formula is C23H20N2O5. The zero-order chi connectivity index (χ0) is 21.1. The van der Waals surface area contributed by atoms with Gasteiger partial charge in [0, 0.05) is 11.8 Å². The maximum Gasteiger partial charge on any atom is 0.278 e. The minimum absolute atomic E-state index is 0.0537. The Kier molecular flexibility index (Phi) is 5.26. The third-order valence-corrected chi connectivity index (χ3v) is 4.78. The van der Waals surface area contributed by atoms with Gasteiger partial charge >= 0.3 is 0 Å². The maximum absolute atomic E-state index is 13.2. The number of furan rings is 1. The molecule has 2 heterocycles. The molecule has 1 N–H and O–H groups in total. The van der Waals surface area contributed by atoms with Gasteiger partial charge in [0.2, 0.25) is 0 Å². The Morgan fingerprint density at radius 2 is 1.67 bits per heavy atom. The Balaban J connectivity index is 1.73. The lowest BCUT2D eigenvalue weighted by atomic mass is 10.0. The van der Waals surface area contributed by atoms with Gasteiger partial charge in [-0.05, 0) is 29.8 Å². The van der Waals surface area contributed by atoms with Crippen molar-refractivity contribution in [1.82, 2.24) is 4.90 Å². The summed E-state index contributed by atoms with van der Waals surface area (Å²) in [5.41, 5.74) is 1.75. The van der Waals surface area contributed by atoms with Gasteiger partial charge in [0.1, 0.15) is 11.5 Å². The van der Waals surface area contributed by atoms with Crippen LogP contribution in [-0.4, -0.2) is 30.9 Å². The molecule has 0 saturated carbocycles. The quantitative estimate of drug-likeness (QED) is 0.605. The molecule has 2 amide bonds. The number of nitrogens with zero attached hydrogens (tertiary/aromatic N) is 1. The van der Waals surface area contributed by atoms with Gasteiger partial charge in [-0.25, -0.2) is 0 Å². The second-order valence-corrected chi connectivity index (χ2v) is 6.59. The highest BCUT2D eigenvalue weighted by molar-refractivity contribution is 6.36. The second-order valence-electron chi connectivity index (χ2n) is 6.59. The summed E-state index contributed by atoms with van der Waals surface area (Å²) in [7, 11) is 3.08. The molecule has 7 heteroatoms. The molecular weight excluding hydrogens is 384 g/mol. The predicted molar refractivity (Wildman–Crippen MR) is 111 cm³/mol. The lowest BCUT2D eigenvalue weighted by Crippen LogP contribution is -2.31. The first-order valence-electron chi connectivity index (χ1n) is 9.29. The minimum atomic E-state index is -0.426. The van der Waals surface area contributed by atoms with Gasteiger partial charge in [0.15, 0.2) is 11.5 Å². The molecule has 1 aliphatic rings. The van der Waals surface area contributed by atoms with Gasteiger partial charge in [-0.2, -0.15) is 0 Å². The van der Waals surface area contributed by atoms with Crippen molar-refractivity contribution in [3.8, 4) is 11.5 Å². The number of carbonyl (C=O) groups is 2.